The molecule has 114 valence electrons. The summed E-state index contributed by atoms with van der Waals surface area (Å²) in [6.45, 7) is 1.93. The standard InChI is InChI=1S/C17H17NO4/c1-20-15-4-10(2-3-14(15)19)13-8-18-7-11-5-16-17(6-12(11)13)22-9-21-16/h2-6,13,18-19H,7-9H2,1H3/t13-/m1/s1. The van der Waals surface area contributed by atoms with Crippen LogP contribution >= 0.6 is 0 Å². The zero-order valence-electron chi connectivity index (χ0n) is 12.3. The summed E-state index contributed by atoms with van der Waals surface area (Å²) in [6, 6.07) is 9.62. The van der Waals surface area contributed by atoms with E-state index in [4.69, 9.17) is 14.2 Å². The molecule has 5 heteroatoms. The number of ether oxygens (including phenoxy) is 3. The van der Waals surface area contributed by atoms with E-state index in [1.54, 1.807) is 13.2 Å². The van der Waals surface area contributed by atoms with Crippen LogP contribution in [0.2, 0.25) is 0 Å². The second-order valence-corrected chi connectivity index (χ2v) is 5.52. The Labute approximate surface area is 128 Å². The summed E-state index contributed by atoms with van der Waals surface area (Å²) in [5.41, 5.74) is 3.55. The van der Waals surface area contributed by atoms with Crippen LogP contribution in [0.5, 0.6) is 23.0 Å². The molecule has 1 atom stereocenters. The molecule has 2 aliphatic rings. The molecule has 2 aromatic rings. The summed E-state index contributed by atoms with van der Waals surface area (Å²) in [5, 5.41) is 13.2. The van der Waals surface area contributed by atoms with Gasteiger partial charge in [-0.3, -0.25) is 0 Å². The number of methoxy groups -OCH3 is 1. The SMILES string of the molecule is COc1cc([C@H]2CNCc3cc4c(cc32)OCO4)ccc1O. The molecule has 0 amide bonds. The molecule has 2 N–H and O–H groups in total. The minimum absolute atomic E-state index is 0.154. The van der Waals surface area contributed by atoms with Crippen molar-refractivity contribution >= 4 is 0 Å². The number of fused-ring (bicyclic) bond motifs is 2. The molecule has 4 rings (SSSR count). The van der Waals surface area contributed by atoms with Gasteiger partial charge in [-0.2, -0.15) is 0 Å². The second kappa shape index (κ2) is 5.10. The summed E-state index contributed by atoms with van der Waals surface area (Å²) in [6.07, 6.45) is 0. The number of benzene rings is 2. The first-order valence-corrected chi connectivity index (χ1v) is 7.26. The van der Waals surface area contributed by atoms with Gasteiger partial charge in [-0.15, -0.1) is 0 Å². The van der Waals surface area contributed by atoms with Gasteiger partial charge in [-0.25, -0.2) is 0 Å². The molecule has 0 saturated heterocycles. The maximum Gasteiger partial charge on any atom is 0.231 e. The third kappa shape index (κ3) is 2.05. The highest BCUT2D eigenvalue weighted by molar-refractivity contribution is 5.54. The number of aromatic hydroxyl groups is 1. The van der Waals surface area contributed by atoms with Crippen LogP contribution in [0.3, 0.4) is 0 Å². The van der Waals surface area contributed by atoms with E-state index in [0.29, 0.717) is 5.75 Å². The van der Waals surface area contributed by atoms with E-state index < -0.39 is 0 Å². The molecule has 0 saturated carbocycles. The Bertz CT molecular complexity index is 729. The molecular formula is C17H17NO4. The van der Waals surface area contributed by atoms with Gasteiger partial charge in [0.15, 0.2) is 23.0 Å². The first-order valence-electron chi connectivity index (χ1n) is 7.26. The van der Waals surface area contributed by atoms with Crippen molar-refractivity contribution in [1.29, 1.82) is 0 Å². The summed E-state index contributed by atoms with van der Waals surface area (Å²) in [5.74, 6) is 2.44. The fraction of sp³-hybridized carbons (Fsp3) is 0.294. The van der Waals surface area contributed by atoms with E-state index in [9.17, 15) is 5.11 Å². The molecule has 2 aromatic carbocycles. The topological polar surface area (TPSA) is 60.0 Å². The van der Waals surface area contributed by atoms with E-state index in [-0.39, 0.29) is 18.5 Å². The van der Waals surface area contributed by atoms with E-state index in [1.165, 1.54) is 11.1 Å². The van der Waals surface area contributed by atoms with Gasteiger partial charge < -0.3 is 24.6 Å². The highest BCUT2D eigenvalue weighted by Gasteiger charge is 2.26. The quantitative estimate of drug-likeness (QED) is 0.891. The third-order valence-electron chi connectivity index (χ3n) is 4.28. The molecule has 0 radical (unpaired) electrons. The fourth-order valence-electron chi connectivity index (χ4n) is 3.15. The van der Waals surface area contributed by atoms with Gasteiger partial charge in [-0.05, 0) is 41.0 Å². The lowest BCUT2D eigenvalue weighted by atomic mass is 9.85. The monoisotopic (exact) mass is 299 g/mol. The summed E-state index contributed by atoms with van der Waals surface area (Å²) >= 11 is 0. The van der Waals surface area contributed by atoms with Gasteiger partial charge in [0, 0.05) is 19.0 Å². The van der Waals surface area contributed by atoms with Crippen LogP contribution in [-0.2, 0) is 6.54 Å². The molecule has 0 bridgehead atoms. The Kier molecular flexibility index (Phi) is 3.08. The molecule has 0 fully saturated rings. The molecule has 0 aromatic heterocycles. The lowest BCUT2D eigenvalue weighted by Gasteiger charge is -2.27. The normalized spacial score (nSPS) is 18.9. The largest absolute Gasteiger partial charge is 0.504 e. The van der Waals surface area contributed by atoms with Crippen molar-refractivity contribution in [3.05, 3.63) is 47.0 Å². The van der Waals surface area contributed by atoms with Crippen LogP contribution in [0.15, 0.2) is 30.3 Å². The zero-order chi connectivity index (χ0) is 15.1. The van der Waals surface area contributed by atoms with Crippen LogP contribution in [0.4, 0.5) is 0 Å². The molecule has 2 heterocycles. The van der Waals surface area contributed by atoms with Crippen molar-refractivity contribution in [1.82, 2.24) is 5.32 Å². The van der Waals surface area contributed by atoms with Crippen LogP contribution < -0.4 is 19.5 Å². The van der Waals surface area contributed by atoms with Crippen molar-refractivity contribution in [2.45, 2.75) is 12.5 Å². The van der Waals surface area contributed by atoms with Gasteiger partial charge in [0.25, 0.3) is 0 Å². The molecule has 0 unspecified atom stereocenters. The Morgan fingerprint density at radius 2 is 2.00 bits per heavy atom. The van der Waals surface area contributed by atoms with Crippen molar-refractivity contribution in [2.75, 3.05) is 20.4 Å². The summed E-state index contributed by atoms with van der Waals surface area (Å²) in [7, 11) is 1.56. The number of phenolic OH excluding ortho intramolecular Hbond substituents is 1. The minimum Gasteiger partial charge on any atom is -0.504 e. The Hall–Kier alpha value is -2.40. The highest BCUT2D eigenvalue weighted by atomic mass is 16.7. The van der Waals surface area contributed by atoms with Crippen LogP contribution in [0.25, 0.3) is 0 Å². The number of nitrogens with one attached hydrogen (secondary N) is 1. The van der Waals surface area contributed by atoms with Crippen LogP contribution in [-0.4, -0.2) is 25.6 Å². The Morgan fingerprint density at radius 3 is 2.82 bits per heavy atom. The van der Waals surface area contributed by atoms with Gasteiger partial charge in [0.2, 0.25) is 6.79 Å². The van der Waals surface area contributed by atoms with E-state index in [0.717, 1.165) is 30.2 Å². The lowest BCUT2D eigenvalue weighted by molar-refractivity contribution is 0.174. The third-order valence-corrected chi connectivity index (χ3v) is 4.28. The Morgan fingerprint density at radius 1 is 1.18 bits per heavy atom. The smallest absolute Gasteiger partial charge is 0.231 e. The minimum atomic E-state index is 0.154. The second-order valence-electron chi connectivity index (χ2n) is 5.52. The van der Waals surface area contributed by atoms with E-state index >= 15 is 0 Å². The average Bonchev–Trinajstić information content (AvgIpc) is 3.00. The molecule has 0 spiro atoms. The highest BCUT2D eigenvalue weighted by Crippen LogP contribution is 2.41. The van der Waals surface area contributed by atoms with Crippen LogP contribution in [0.1, 0.15) is 22.6 Å². The Balaban J connectivity index is 1.79. The van der Waals surface area contributed by atoms with E-state index in [1.807, 2.05) is 12.1 Å². The molecule has 0 aliphatic carbocycles. The van der Waals surface area contributed by atoms with Gasteiger partial charge >= 0.3 is 0 Å². The maximum absolute atomic E-state index is 9.78. The fourth-order valence-corrected chi connectivity index (χ4v) is 3.15. The first-order chi connectivity index (χ1) is 10.8. The van der Waals surface area contributed by atoms with Gasteiger partial charge in [0.05, 0.1) is 7.11 Å². The number of hydrogen-bond acceptors (Lipinski definition) is 5. The molecule has 2 aliphatic heterocycles. The number of hydrogen-bond donors (Lipinski definition) is 2. The average molecular weight is 299 g/mol. The van der Waals surface area contributed by atoms with Crippen molar-refractivity contribution in [2.24, 2.45) is 0 Å². The molecule has 22 heavy (non-hydrogen) atoms. The van der Waals surface area contributed by atoms with Crippen molar-refractivity contribution < 1.29 is 19.3 Å². The zero-order valence-corrected chi connectivity index (χ0v) is 12.3. The number of phenols is 1. The first kappa shape index (κ1) is 13.3. The van der Waals surface area contributed by atoms with Gasteiger partial charge in [-0.1, -0.05) is 6.07 Å². The molecular weight excluding hydrogens is 282 g/mol. The van der Waals surface area contributed by atoms with Gasteiger partial charge in [0.1, 0.15) is 0 Å². The van der Waals surface area contributed by atoms with Crippen molar-refractivity contribution in [3.63, 3.8) is 0 Å². The summed E-state index contributed by atoms with van der Waals surface area (Å²) < 4.78 is 16.2. The molecule has 5 nitrogen and oxygen atoms in total. The lowest BCUT2D eigenvalue weighted by Crippen LogP contribution is -2.28. The van der Waals surface area contributed by atoms with Crippen LogP contribution in [0, 0.1) is 0 Å². The predicted octanol–water partition coefficient (Wildman–Crippen LogP) is 2.36. The van der Waals surface area contributed by atoms with E-state index in [2.05, 4.69) is 17.4 Å². The predicted molar refractivity (Wildman–Crippen MR) is 80.8 cm³/mol. The van der Waals surface area contributed by atoms with Crippen molar-refractivity contribution in [3.8, 4) is 23.0 Å². The number of rotatable bonds is 2. The summed E-state index contributed by atoms with van der Waals surface area (Å²) in [4.78, 5) is 0. The maximum atomic E-state index is 9.78.